The lowest BCUT2D eigenvalue weighted by Gasteiger charge is -1.88. The highest BCUT2D eigenvalue weighted by atomic mass is 33.1. The van der Waals surface area contributed by atoms with Crippen LogP contribution in [0.5, 0.6) is 0 Å². The van der Waals surface area contributed by atoms with Crippen molar-refractivity contribution in [3.63, 3.8) is 0 Å². The molecule has 0 saturated carbocycles. The molecular weight excluding hydrogens is 220 g/mol. The number of aromatic carboxylic acids is 1. The molecule has 5 heteroatoms. The molecule has 0 atom stereocenters. The predicted molar refractivity (Wildman–Crippen MR) is 61.6 cm³/mol. The molecule has 1 aromatic rings. The van der Waals surface area contributed by atoms with E-state index in [1.807, 2.05) is 6.26 Å². The molecule has 78 valence electrons. The topological polar surface area (TPSA) is 57.5 Å². The van der Waals surface area contributed by atoms with Crippen molar-refractivity contribution < 1.29 is 15.0 Å². The third-order valence-electron chi connectivity index (χ3n) is 1.19. The number of hydrogen-bond donors (Lipinski definition) is 2. The van der Waals surface area contributed by atoms with Crippen molar-refractivity contribution >= 4 is 27.6 Å². The molecule has 0 fully saturated rings. The summed E-state index contributed by atoms with van der Waals surface area (Å²) in [7, 11) is 3.00. The largest absolute Gasteiger partial charge is 0.478 e. The lowest BCUT2D eigenvalue weighted by Crippen LogP contribution is -1.93. The van der Waals surface area contributed by atoms with E-state index in [1.54, 1.807) is 41.1 Å². The van der Waals surface area contributed by atoms with Crippen molar-refractivity contribution in [1.29, 1.82) is 0 Å². The van der Waals surface area contributed by atoms with E-state index in [-0.39, 0.29) is 5.94 Å². The molecule has 1 aromatic carbocycles. The molecule has 0 aromatic heterocycles. The Morgan fingerprint density at radius 2 is 1.93 bits per heavy atom. The Bertz CT molecular complexity index is 249. The fourth-order valence-electron chi connectivity index (χ4n) is 0.633. The van der Waals surface area contributed by atoms with Gasteiger partial charge in [-0.05, 0) is 18.4 Å². The summed E-state index contributed by atoms with van der Waals surface area (Å²) in [5.74, 6) is -0.656. The van der Waals surface area contributed by atoms with Crippen molar-refractivity contribution in [2.45, 2.75) is 0 Å². The molecule has 0 amide bonds. The van der Waals surface area contributed by atoms with E-state index in [0.717, 1.165) is 0 Å². The van der Waals surface area contributed by atoms with Gasteiger partial charge in [0.25, 0.3) is 0 Å². The maximum absolute atomic E-state index is 10.2. The lowest BCUT2D eigenvalue weighted by molar-refractivity contribution is 0.0697. The summed E-state index contributed by atoms with van der Waals surface area (Å²) in [6, 6.07) is 8.30. The van der Waals surface area contributed by atoms with Crippen molar-refractivity contribution in [1.82, 2.24) is 0 Å². The summed E-state index contributed by atoms with van der Waals surface area (Å²) in [4.78, 5) is 10.2. The second-order valence-electron chi connectivity index (χ2n) is 2.08. The molecule has 0 aliphatic carbocycles. The second-order valence-corrected chi connectivity index (χ2v) is 4.62. The van der Waals surface area contributed by atoms with Crippen molar-refractivity contribution in [2.75, 3.05) is 12.2 Å². The number of carbonyl (C=O) groups is 1. The van der Waals surface area contributed by atoms with Gasteiger partial charge in [-0.15, -0.1) is 0 Å². The lowest BCUT2D eigenvalue weighted by atomic mass is 10.2. The molecule has 0 radical (unpaired) electrons. The van der Waals surface area contributed by atoms with Crippen molar-refractivity contribution in [3.05, 3.63) is 35.9 Å². The van der Waals surface area contributed by atoms with Gasteiger partial charge in [0.15, 0.2) is 0 Å². The molecule has 1 rings (SSSR count). The van der Waals surface area contributed by atoms with Gasteiger partial charge >= 0.3 is 5.97 Å². The van der Waals surface area contributed by atoms with E-state index in [9.17, 15) is 4.79 Å². The summed E-state index contributed by atoms with van der Waals surface area (Å²) in [6.07, 6.45) is 1.93. The summed E-state index contributed by atoms with van der Waals surface area (Å²) >= 11 is 0. The van der Waals surface area contributed by atoms with Crippen LogP contribution in [0.15, 0.2) is 30.3 Å². The number of rotatable bonds is 3. The van der Waals surface area contributed by atoms with Gasteiger partial charge in [0.05, 0.1) is 11.5 Å². The molecule has 2 N–H and O–H groups in total. The first kappa shape index (κ1) is 13.4. The summed E-state index contributed by atoms with van der Waals surface area (Å²) in [6.45, 7) is 0. The molecule has 3 nitrogen and oxygen atoms in total. The van der Waals surface area contributed by atoms with Gasteiger partial charge in [-0.25, -0.2) is 4.79 Å². The Morgan fingerprint density at radius 3 is 2.14 bits per heavy atom. The summed E-state index contributed by atoms with van der Waals surface area (Å²) < 4.78 is 0. The minimum absolute atomic E-state index is 0.223. The van der Waals surface area contributed by atoms with E-state index in [1.165, 1.54) is 10.8 Å². The zero-order valence-corrected chi connectivity index (χ0v) is 9.35. The average Bonchev–Trinajstić information content (AvgIpc) is 2.21. The predicted octanol–water partition coefficient (Wildman–Crippen LogP) is 2.33. The van der Waals surface area contributed by atoms with E-state index in [2.05, 4.69) is 0 Å². The van der Waals surface area contributed by atoms with Gasteiger partial charge in [0.1, 0.15) is 0 Å². The maximum atomic E-state index is 10.2. The van der Waals surface area contributed by atoms with Crippen LogP contribution in [0.2, 0.25) is 0 Å². The fraction of sp³-hybridized carbons (Fsp3) is 0.222. The van der Waals surface area contributed by atoms with Crippen LogP contribution in [0, 0.1) is 0 Å². The second kappa shape index (κ2) is 8.93. The van der Waals surface area contributed by atoms with Crippen LogP contribution < -0.4 is 0 Å². The van der Waals surface area contributed by atoms with Crippen LogP contribution in [0.1, 0.15) is 10.4 Å². The van der Waals surface area contributed by atoms with Crippen LogP contribution in [-0.4, -0.2) is 28.4 Å². The normalized spacial score (nSPS) is 8.71. The highest BCUT2D eigenvalue weighted by Gasteiger charge is 1.96. The highest BCUT2D eigenvalue weighted by molar-refractivity contribution is 8.76. The van der Waals surface area contributed by atoms with Crippen LogP contribution in [0.25, 0.3) is 0 Å². The molecular formula is C9H12O3S2. The minimum Gasteiger partial charge on any atom is -0.478 e. The Labute approximate surface area is 90.9 Å². The summed E-state index contributed by atoms with van der Waals surface area (Å²) in [5.41, 5.74) is 0.331. The number of carboxylic acid groups (broad SMARTS) is 1. The minimum atomic E-state index is -0.879. The van der Waals surface area contributed by atoms with Crippen LogP contribution >= 0.6 is 21.6 Å². The molecule has 0 saturated heterocycles. The molecule has 0 bridgehead atoms. The quantitative estimate of drug-likeness (QED) is 0.619. The van der Waals surface area contributed by atoms with Gasteiger partial charge in [0, 0.05) is 0 Å². The van der Waals surface area contributed by atoms with Crippen LogP contribution in [-0.2, 0) is 0 Å². The Kier molecular flexibility index (Phi) is 8.51. The van der Waals surface area contributed by atoms with Crippen LogP contribution in [0.3, 0.4) is 0 Å². The first-order valence-electron chi connectivity index (χ1n) is 3.77. The average molecular weight is 232 g/mol. The number of benzene rings is 1. The van der Waals surface area contributed by atoms with Gasteiger partial charge in [0.2, 0.25) is 0 Å². The van der Waals surface area contributed by atoms with E-state index in [4.69, 9.17) is 10.2 Å². The van der Waals surface area contributed by atoms with E-state index in [0.29, 0.717) is 5.56 Å². The molecule has 14 heavy (non-hydrogen) atoms. The molecule has 0 aliphatic rings. The zero-order valence-electron chi connectivity index (χ0n) is 7.71. The molecule has 0 unspecified atom stereocenters. The smallest absolute Gasteiger partial charge is 0.335 e. The maximum Gasteiger partial charge on any atom is 0.335 e. The number of aliphatic hydroxyl groups excluding tert-OH is 1. The molecule has 0 spiro atoms. The van der Waals surface area contributed by atoms with Gasteiger partial charge in [-0.3, -0.25) is 0 Å². The monoisotopic (exact) mass is 232 g/mol. The Morgan fingerprint density at radius 1 is 1.36 bits per heavy atom. The third-order valence-corrected chi connectivity index (χ3v) is 2.56. The van der Waals surface area contributed by atoms with Crippen molar-refractivity contribution in [2.24, 2.45) is 0 Å². The van der Waals surface area contributed by atoms with Gasteiger partial charge < -0.3 is 10.2 Å². The SMILES string of the molecule is CSSCO.O=C(O)c1ccccc1. The number of hydrogen-bond acceptors (Lipinski definition) is 4. The molecule has 0 heterocycles. The van der Waals surface area contributed by atoms with E-state index >= 15 is 0 Å². The van der Waals surface area contributed by atoms with Gasteiger partial charge in [-0.1, -0.05) is 39.8 Å². The first-order chi connectivity index (χ1) is 6.72. The highest BCUT2D eigenvalue weighted by Crippen LogP contribution is 2.13. The standard InChI is InChI=1S/C7H6O2.C2H6OS2/c8-7(9)6-4-2-1-3-5-6;1-4-5-2-3/h1-5H,(H,8,9);3H,2H2,1H3. The van der Waals surface area contributed by atoms with E-state index < -0.39 is 5.97 Å². The Balaban J connectivity index is 0.000000292. The first-order valence-corrected chi connectivity index (χ1v) is 6.50. The Hall–Kier alpha value is -0.650. The van der Waals surface area contributed by atoms with Crippen LogP contribution in [0.4, 0.5) is 0 Å². The molecule has 0 aliphatic heterocycles. The number of carboxylic acids is 1. The third kappa shape index (κ3) is 6.82. The number of aliphatic hydroxyl groups is 1. The van der Waals surface area contributed by atoms with Gasteiger partial charge in [-0.2, -0.15) is 0 Å². The summed E-state index contributed by atoms with van der Waals surface area (Å²) in [5, 5.41) is 16.4. The zero-order chi connectivity index (χ0) is 10.8. The van der Waals surface area contributed by atoms with Crippen molar-refractivity contribution in [3.8, 4) is 0 Å². The fourth-order valence-corrected chi connectivity index (χ4v) is 1.06.